The molecule has 0 radical (unpaired) electrons. The third-order valence-corrected chi connectivity index (χ3v) is 4.33. The molecule has 25 heavy (non-hydrogen) atoms. The molecule has 10 heteroatoms. The number of carbonyl (C=O) groups is 2. The molecule has 0 saturated carbocycles. The van der Waals surface area contributed by atoms with Crippen molar-refractivity contribution in [2.45, 2.75) is 19.9 Å². The van der Waals surface area contributed by atoms with Crippen LogP contribution in [0.5, 0.6) is 5.88 Å². The van der Waals surface area contributed by atoms with Crippen LogP contribution in [0.3, 0.4) is 0 Å². The van der Waals surface area contributed by atoms with Gasteiger partial charge in [-0.2, -0.15) is 11.3 Å². The third-order valence-electron chi connectivity index (χ3n) is 3.63. The SMILES string of the molecule is CC1=C(C(=O)NCCOc2nonc2C)C(c2ccsc2)NC(=O)N1. The maximum Gasteiger partial charge on any atom is 0.319 e. The molecule has 132 valence electrons. The molecule has 0 spiro atoms. The second-order valence-electron chi connectivity index (χ2n) is 5.39. The number of thiophene rings is 1. The van der Waals surface area contributed by atoms with Gasteiger partial charge in [0.1, 0.15) is 12.3 Å². The standard InChI is InChI=1S/C15H17N5O4S/c1-8-11(12(18-15(22)17-8)10-3-6-25-7-10)13(21)16-4-5-23-14-9(2)19-24-20-14/h3,6-7,12H,4-5H2,1-2H3,(H,16,21)(H2,17,18,22). The molecule has 3 heterocycles. The molecule has 2 aromatic rings. The van der Waals surface area contributed by atoms with Gasteiger partial charge in [0.25, 0.3) is 11.8 Å². The van der Waals surface area contributed by atoms with Crippen LogP contribution in [0.2, 0.25) is 0 Å². The van der Waals surface area contributed by atoms with Crippen LogP contribution in [0.25, 0.3) is 0 Å². The summed E-state index contributed by atoms with van der Waals surface area (Å²) >= 11 is 1.50. The lowest BCUT2D eigenvalue weighted by Crippen LogP contribution is -2.47. The molecule has 3 N–H and O–H groups in total. The second-order valence-corrected chi connectivity index (χ2v) is 6.17. The molecule has 9 nitrogen and oxygen atoms in total. The molecule has 1 unspecified atom stereocenters. The predicted molar refractivity (Wildman–Crippen MR) is 89.0 cm³/mol. The van der Waals surface area contributed by atoms with Crippen molar-refractivity contribution < 1.29 is 19.0 Å². The van der Waals surface area contributed by atoms with Crippen LogP contribution in [-0.4, -0.2) is 35.4 Å². The molecule has 0 bridgehead atoms. The van der Waals surface area contributed by atoms with Crippen molar-refractivity contribution in [3.8, 4) is 5.88 Å². The average Bonchev–Trinajstić information content (AvgIpc) is 3.22. The summed E-state index contributed by atoms with van der Waals surface area (Å²) in [6, 6.07) is 1.07. The van der Waals surface area contributed by atoms with Gasteiger partial charge >= 0.3 is 6.03 Å². The van der Waals surface area contributed by atoms with Crippen molar-refractivity contribution in [2.75, 3.05) is 13.2 Å². The Balaban J connectivity index is 1.63. The number of aryl methyl sites for hydroxylation is 1. The lowest BCUT2D eigenvalue weighted by atomic mass is 9.97. The summed E-state index contributed by atoms with van der Waals surface area (Å²) in [4.78, 5) is 24.3. The lowest BCUT2D eigenvalue weighted by molar-refractivity contribution is -0.118. The highest BCUT2D eigenvalue weighted by atomic mass is 32.1. The summed E-state index contributed by atoms with van der Waals surface area (Å²) in [7, 11) is 0. The normalized spacial score (nSPS) is 17.0. The minimum Gasteiger partial charge on any atom is -0.472 e. The van der Waals surface area contributed by atoms with Crippen molar-refractivity contribution in [3.63, 3.8) is 0 Å². The zero-order chi connectivity index (χ0) is 17.8. The molecule has 0 fully saturated rings. The first-order valence-corrected chi connectivity index (χ1v) is 8.51. The Labute approximate surface area is 147 Å². The first kappa shape index (κ1) is 17.0. The van der Waals surface area contributed by atoms with Crippen LogP contribution in [0.4, 0.5) is 4.79 Å². The molecule has 1 atom stereocenters. The van der Waals surface area contributed by atoms with Crippen LogP contribution >= 0.6 is 11.3 Å². The molecule has 1 aliphatic heterocycles. The Morgan fingerprint density at radius 1 is 1.44 bits per heavy atom. The van der Waals surface area contributed by atoms with Crippen molar-refractivity contribution in [1.29, 1.82) is 0 Å². The molecule has 0 aliphatic carbocycles. The molecule has 2 aromatic heterocycles. The predicted octanol–water partition coefficient (Wildman–Crippen LogP) is 1.26. The van der Waals surface area contributed by atoms with Gasteiger partial charge in [0.05, 0.1) is 18.2 Å². The van der Waals surface area contributed by atoms with E-state index in [1.54, 1.807) is 13.8 Å². The van der Waals surface area contributed by atoms with E-state index in [1.165, 1.54) is 11.3 Å². The number of nitrogens with zero attached hydrogens (tertiary/aromatic N) is 2. The van der Waals surface area contributed by atoms with Crippen molar-refractivity contribution in [1.82, 2.24) is 26.3 Å². The zero-order valence-corrected chi connectivity index (χ0v) is 14.5. The first-order valence-electron chi connectivity index (χ1n) is 7.57. The number of carbonyl (C=O) groups excluding carboxylic acids is 2. The fraction of sp³-hybridized carbons (Fsp3) is 0.333. The minimum absolute atomic E-state index is 0.218. The number of ether oxygens (including phenoxy) is 1. The average molecular weight is 363 g/mol. The lowest BCUT2D eigenvalue weighted by Gasteiger charge is -2.28. The number of rotatable bonds is 6. The van der Waals surface area contributed by atoms with Gasteiger partial charge in [-0.3, -0.25) is 4.79 Å². The van der Waals surface area contributed by atoms with Crippen molar-refractivity contribution in [3.05, 3.63) is 39.4 Å². The van der Waals surface area contributed by atoms with E-state index in [0.29, 0.717) is 22.8 Å². The van der Waals surface area contributed by atoms with E-state index in [0.717, 1.165) is 5.56 Å². The van der Waals surface area contributed by atoms with Gasteiger partial charge < -0.3 is 20.7 Å². The topological polar surface area (TPSA) is 118 Å². The van der Waals surface area contributed by atoms with Crippen LogP contribution in [0.15, 0.2) is 32.7 Å². The zero-order valence-electron chi connectivity index (χ0n) is 13.7. The Hall–Kier alpha value is -2.88. The van der Waals surface area contributed by atoms with E-state index in [2.05, 4.69) is 30.9 Å². The van der Waals surface area contributed by atoms with Crippen molar-refractivity contribution in [2.24, 2.45) is 0 Å². The number of amides is 3. The molecule has 1 aliphatic rings. The summed E-state index contributed by atoms with van der Waals surface area (Å²) in [5.41, 5.74) is 2.40. The maximum absolute atomic E-state index is 12.6. The van der Waals surface area contributed by atoms with Crippen LogP contribution in [0, 0.1) is 6.92 Å². The first-order chi connectivity index (χ1) is 12.1. The van der Waals surface area contributed by atoms with Crippen LogP contribution < -0.4 is 20.7 Å². The van der Waals surface area contributed by atoms with Gasteiger partial charge in [-0.25, -0.2) is 9.42 Å². The van der Waals surface area contributed by atoms with Gasteiger partial charge in [0.2, 0.25) is 0 Å². The van der Waals surface area contributed by atoms with E-state index in [1.807, 2.05) is 16.8 Å². The van der Waals surface area contributed by atoms with Crippen LogP contribution in [-0.2, 0) is 4.79 Å². The highest BCUT2D eigenvalue weighted by molar-refractivity contribution is 7.08. The molecule has 3 amide bonds. The Morgan fingerprint density at radius 2 is 2.28 bits per heavy atom. The molecule has 0 aromatic carbocycles. The smallest absolute Gasteiger partial charge is 0.319 e. The Kier molecular flexibility index (Phi) is 4.98. The summed E-state index contributed by atoms with van der Waals surface area (Å²) < 4.78 is 9.91. The molecular weight excluding hydrogens is 346 g/mol. The van der Waals surface area contributed by atoms with Gasteiger partial charge in [-0.05, 0) is 41.4 Å². The van der Waals surface area contributed by atoms with Gasteiger partial charge in [-0.1, -0.05) is 5.16 Å². The van der Waals surface area contributed by atoms with Gasteiger partial charge in [0, 0.05) is 5.70 Å². The Bertz CT molecular complexity index is 799. The molecule has 3 rings (SSSR count). The number of aromatic nitrogens is 2. The highest BCUT2D eigenvalue weighted by Crippen LogP contribution is 2.28. The van der Waals surface area contributed by atoms with Gasteiger partial charge in [-0.15, -0.1) is 0 Å². The van der Waals surface area contributed by atoms with E-state index in [-0.39, 0.29) is 25.1 Å². The van der Waals surface area contributed by atoms with E-state index >= 15 is 0 Å². The van der Waals surface area contributed by atoms with Crippen molar-refractivity contribution >= 4 is 23.3 Å². The van der Waals surface area contributed by atoms with Gasteiger partial charge in [0.15, 0.2) is 0 Å². The Morgan fingerprint density at radius 3 is 2.96 bits per heavy atom. The number of urea groups is 1. The number of hydrogen-bond acceptors (Lipinski definition) is 7. The fourth-order valence-electron chi connectivity index (χ4n) is 2.45. The number of nitrogens with one attached hydrogen (secondary N) is 3. The maximum atomic E-state index is 12.6. The highest BCUT2D eigenvalue weighted by Gasteiger charge is 2.31. The molecular formula is C15H17N5O4S. The summed E-state index contributed by atoms with van der Waals surface area (Å²) in [5.74, 6) is 0.0205. The third kappa shape index (κ3) is 3.79. The minimum atomic E-state index is -0.483. The monoisotopic (exact) mass is 363 g/mol. The van der Waals surface area contributed by atoms with E-state index in [9.17, 15) is 9.59 Å². The summed E-state index contributed by atoms with van der Waals surface area (Å²) in [6.07, 6.45) is 0. The van der Waals surface area contributed by atoms with E-state index < -0.39 is 6.04 Å². The number of hydrogen-bond donors (Lipinski definition) is 3. The van der Waals surface area contributed by atoms with Crippen LogP contribution in [0.1, 0.15) is 24.2 Å². The van der Waals surface area contributed by atoms with E-state index in [4.69, 9.17) is 4.74 Å². The summed E-state index contributed by atoms with van der Waals surface area (Å²) in [6.45, 7) is 3.90. The largest absolute Gasteiger partial charge is 0.472 e. The number of allylic oxidation sites excluding steroid dienone is 1. The fourth-order valence-corrected chi connectivity index (χ4v) is 3.13. The molecule has 0 saturated heterocycles. The summed E-state index contributed by atoms with van der Waals surface area (Å²) in [5, 5.41) is 19.2. The quantitative estimate of drug-likeness (QED) is 0.665. The second kappa shape index (κ2) is 7.34.